The van der Waals surface area contributed by atoms with Crippen molar-refractivity contribution in [2.24, 2.45) is 10.9 Å². The third kappa shape index (κ3) is 4.19. The summed E-state index contributed by atoms with van der Waals surface area (Å²) in [5.41, 5.74) is 4.20. The molecule has 0 aliphatic carbocycles. The monoisotopic (exact) mass is 394 g/mol. The Morgan fingerprint density at radius 3 is 2.93 bits per heavy atom. The van der Waals surface area contributed by atoms with Crippen molar-refractivity contribution in [2.45, 2.75) is 39.8 Å². The summed E-state index contributed by atoms with van der Waals surface area (Å²) in [5, 5.41) is 7.09. The van der Waals surface area contributed by atoms with Gasteiger partial charge in [0, 0.05) is 31.0 Å². The summed E-state index contributed by atoms with van der Waals surface area (Å²) >= 11 is 0. The largest absolute Gasteiger partial charge is 0.491 e. The van der Waals surface area contributed by atoms with E-state index in [0.717, 1.165) is 55.5 Å². The summed E-state index contributed by atoms with van der Waals surface area (Å²) in [6, 6.07) is 6.71. The van der Waals surface area contributed by atoms with E-state index >= 15 is 0 Å². The van der Waals surface area contributed by atoms with Gasteiger partial charge in [0.2, 0.25) is 5.95 Å². The number of nitrogens with one attached hydrogen (secondary N) is 2. The average Bonchev–Trinajstić information content (AvgIpc) is 3.01. The first kappa shape index (κ1) is 19.6. The van der Waals surface area contributed by atoms with E-state index in [1.54, 1.807) is 7.11 Å². The molecule has 2 aromatic rings. The molecule has 1 fully saturated rings. The molecule has 154 valence electrons. The maximum absolute atomic E-state index is 5.62. The van der Waals surface area contributed by atoms with Crippen LogP contribution in [0.15, 0.2) is 23.2 Å². The van der Waals surface area contributed by atoms with Crippen LogP contribution in [0.5, 0.6) is 5.75 Å². The predicted octanol–water partition coefficient (Wildman–Crippen LogP) is 3.29. The van der Waals surface area contributed by atoms with Gasteiger partial charge in [0.25, 0.3) is 0 Å². The molecule has 0 spiro atoms. The van der Waals surface area contributed by atoms with Crippen molar-refractivity contribution in [3.63, 3.8) is 0 Å². The van der Waals surface area contributed by atoms with Crippen LogP contribution >= 0.6 is 0 Å². The highest BCUT2D eigenvalue weighted by atomic mass is 16.5. The van der Waals surface area contributed by atoms with Gasteiger partial charge in [0.15, 0.2) is 11.6 Å². The highest BCUT2D eigenvalue weighted by Gasteiger charge is 2.24. The number of ether oxygens (including phenoxy) is 1. The number of benzene rings is 1. The van der Waals surface area contributed by atoms with E-state index in [-0.39, 0.29) is 0 Å². The highest BCUT2D eigenvalue weighted by Crippen LogP contribution is 2.31. The van der Waals surface area contributed by atoms with Gasteiger partial charge in [-0.3, -0.25) is 4.99 Å². The van der Waals surface area contributed by atoms with E-state index < -0.39 is 0 Å². The number of aliphatic imine (C=N–C) groups is 1. The molecular formula is C22H30N6O. The fraction of sp³-hybridized carbons (Fsp3) is 0.500. The maximum atomic E-state index is 5.62. The molecule has 2 aliphatic heterocycles. The average molecular weight is 395 g/mol. The van der Waals surface area contributed by atoms with Gasteiger partial charge in [-0.2, -0.15) is 4.98 Å². The number of fused-ring (bicyclic) bond motifs is 1. The zero-order valence-corrected chi connectivity index (χ0v) is 17.7. The lowest BCUT2D eigenvalue weighted by Crippen LogP contribution is -2.41. The van der Waals surface area contributed by atoms with Crippen molar-refractivity contribution >= 4 is 23.7 Å². The second kappa shape index (κ2) is 8.37. The van der Waals surface area contributed by atoms with Crippen LogP contribution in [0.1, 0.15) is 37.1 Å². The number of hydrogen-bond donors (Lipinski definition) is 2. The van der Waals surface area contributed by atoms with Crippen molar-refractivity contribution in [1.82, 2.24) is 15.3 Å². The lowest BCUT2D eigenvalue weighted by Gasteiger charge is -2.27. The lowest BCUT2D eigenvalue weighted by atomic mass is 10.0. The van der Waals surface area contributed by atoms with Gasteiger partial charge in [-0.1, -0.05) is 19.9 Å². The first-order chi connectivity index (χ1) is 14.0. The minimum Gasteiger partial charge on any atom is -0.491 e. The molecule has 0 saturated carbocycles. The molecule has 7 heteroatoms. The van der Waals surface area contributed by atoms with Gasteiger partial charge in [-0.25, -0.2) is 4.98 Å². The van der Waals surface area contributed by atoms with Gasteiger partial charge in [-0.15, -0.1) is 0 Å². The SMILES string of the molecule is COc1c(C)nc(N2CCCNC(C(C)C)C2)nc1Nc1ccc2c(c1)C=NC2. The van der Waals surface area contributed by atoms with Crippen LogP contribution in [-0.2, 0) is 6.54 Å². The summed E-state index contributed by atoms with van der Waals surface area (Å²) in [6.07, 6.45) is 3.00. The molecule has 1 unspecified atom stereocenters. The maximum Gasteiger partial charge on any atom is 0.227 e. The number of aromatic nitrogens is 2. The summed E-state index contributed by atoms with van der Waals surface area (Å²) in [6.45, 7) is 10.1. The summed E-state index contributed by atoms with van der Waals surface area (Å²) in [5.74, 6) is 2.68. The third-order valence-electron chi connectivity index (χ3n) is 5.64. The molecule has 0 radical (unpaired) electrons. The minimum absolute atomic E-state index is 0.427. The zero-order valence-electron chi connectivity index (χ0n) is 17.7. The van der Waals surface area contributed by atoms with Crippen molar-refractivity contribution in [3.8, 4) is 5.75 Å². The van der Waals surface area contributed by atoms with E-state index in [4.69, 9.17) is 14.7 Å². The van der Waals surface area contributed by atoms with Crippen LogP contribution in [0.25, 0.3) is 0 Å². The first-order valence-electron chi connectivity index (χ1n) is 10.4. The fourth-order valence-electron chi connectivity index (χ4n) is 3.91. The molecule has 2 N–H and O–H groups in total. The quantitative estimate of drug-likeness (QED) is 0.811. The standard InChI is InChI=1S/C22H30N6O/c1-14(2)19-13-28(9-5-8-24-19)22-25-15(3)20(29-4)21(27-22)26-18-7-6-16-11-23-12-17(16)10-18/h6-7,10,12,14,19,24H,5,8-9,11,13H2,1-4H3,(H,25,26,27). The van der Waals surface area contributed by atoms with Crippen molar-refractivity contribution < 1.29 is 4.74 Å². The third-order valence-corrected chi connectivity index (χ3v) is 5.64. The molecule has 1 aromatic carbocycles. The minimum atomic E-state index is 0.427. The van der Waals surface area contributed by atoms with E-state index in [0.29, 0.717) is 23.5 Å². The Labute approximate surface area is 172 Å². The highest BCUT2D eigenvalue weighted by molar-refractivity contribution is 5.86. The molecule has 1 atom stereocenters. The van der Waals surface area contributed by atoms with Gasteiger partial charge in [0.05, 0.1) is 19.3 Å². The Morgan fingerprint density at radius 2 is 2.14 bits per heavy atom. The zero-order chi connectivity index (χ0) is 20.4. The predicted molar refractivity (Wildman–Crippen MR) is 118 cm³/mol. The van der Waals surface area contributed by atoms with Crippen LogP contribution in [0.4, 0.5) is 17.5 Å². The Hall–Kier alpha value is -2.67. The second-order valence-electron chi connectivity index (χ2n) is 8.10. The number of hydrogen-bond acceptors (Lipinski definition) is 7. The van der Waals surface area contributed by atoms with Gasteiger partial charge in [0.1, 0.15) is 0 Å². The number of nitrogens with zero attached hydrogens (tertiary/aromatic N) is 4. The topological polar surface area (TPSA) is 74.7 Å². The molecule has 1 saturated heterocycles. The van der Waals surface area contributed by atoms with Gasteiger partial charge < -0.3 is 20.3 Å². The van der Waals surface area contributed by atoms with Crippen LogP contribution in [-0.4, -0.2) is 49.0 Å². The van der Waals surface area contributed by atoms with E-state index in [2.05, 4.69) is 52.6 Å². The van der Waals surface area contributed by atoms with Gasteiger partial charge >= 0.3 is 0 Å². The van der Waals surface area contributed by atoms with Crippen LogP contribution in [0.2, 0.25) is 0 Å². The summed E-state index contributed by atoms with van der Waals surface area (Å²) in [4.78, 5) is 16.3. The Balaban J connectivity index is 1.65. The van der Waals surface area contributed by atoms with E-state index in [1.165, 1.54) is 5.56 Å². The van der Waals surface area contributed by atoms with E-state index in [9.17, 15) is 0 Å². The number of anilines is 3. The smallest absolute Gasteiger partial charge is 0.227 e. The van der Waals surface area contributed by atoms with Crippen molar-refractivity contribution in [1.29, 1.82) is 0 Å². The molecule has 0 bridgehead atoms. The summed E-state index contributed by atoms with van der Waals surface area (Å²) < 4.78 is 5.62. The normalized spacial score (nSPS) is 18.7. The van der Waals surface area contributed by atoms with Crippen molar-refractivity contribution in [2.75, 3.05) is 37.0 Å². The Morgan fingerprint density at radius 1 is 1.28 bits per heavy atom. The first-order valence-corrected chi connectivity index (χ1v) is 10.4. The Kier molecular flexibility index (Phi) is 5.67. The van der Waals surface area contributed by atoms with E-state index in [1.807, 2.05) is 13.1 Å². The van der Waals surface area contributed by atoms with Crippen LogP contribution < -0.4 is 20.3 Å². The molecule has 1 aromatic heterocycles. The number of rotatable bonds is 5. The molecule has 7 nitrogen and oxygen atoms in total. The molecule has 0 amide bonds. The summed E-state index contributed by atoms with van der Waals surface area (Å²) in [7, 11) is 1.66. The van der Waals surface area contributed by atoms with Crippen molar-refractivity contribution in [3.05, 3.63) is 35.0 Å². The van der Waals surface area contributed by atoms with Crippen LogP contribution in [0, 0.1) is 12.8 Å². The molecule has 2 aliphatic rings. The Bertz CT molecular complexity index is 910. The molecular weight excluding hydrogens is 364 g/mol. The lowest BCUT2D eigenvalue weighted by molar-refractivity contribution is 0.408. The van der Waals surface area contributed by atoms with Crippen LogP contribution in [0.3, 0.4) is 0 Å². The number of aryl methyl sites for hydroxylation is 1. The van der Waals surface area contributed by atoms with Gasteiger partial charge in [-0.05, 0) is 49.1 Å². The fourth-order valence-corrected chi connectivity index (χ4v) is 3.91. The molecule has 4 rings (SSSR count). The molecule has 3 heterocycles. The number of methoxy groups -OCH3 is 1. The second-order valence-corrected chi connectivity index (χ2v) is 8.10. The molecule has 29 heavy (non-hydrogen) atoms.